The van der Waals surface area contributed by atoms with Crippen molar-refractivity contribution in [1.29, 1.82) is 0 Å². The van der Waals surface area contributed by atoms with Gasteiger partial charge in [-0.15, -0.1) is 0 Å². The first-order chi connectivity index (χ1) is 7.84. The Labute approximate surface area is 97.8 Å². The number of benzene rings is 1. The average molecular weight is 249 g/mol. The van der Waals surface area contributed by atoms with E-state index < -0.39 is 18.3 Å². The monoisotopic (exact) mass is 249 g/mol. The quantitative estimate of drug-likeness (QED) is 0.573. The summed E-state index contributed by atoms with van der Waals surface area (Å²) < 4.78 is 56.1. The van der Waals surface area contributed by atoms with Crippen LogP contribution in [0.3, 0.4) is 0 Å². The van der Waals surface area contributed by atoms with E-state index >= 15 is 0 Å². The second kappa shape index (κ2) is 5.43. The molecule has 0 spiro atoms. The molecule has 1 atom stereocenters. The van der Waals surface area contributed by atoms with Crippen LogP contribution in [-0.2, 0) is 0 Å². The van der Waals surface area contributed by atoms with Crippen LogP contribution in [0.2, 0.25) is 0 Å². The maximum atomic E-state index is 12.8. The normalized spacial score (nSPS) is 13.5. The fourth-order valence-corrected chi connectivity index (χ4v) is 1.56. The summed E-state index contributed by atoms with van der Waals surface area (Å²) in [5, 5.41) is 0. The summed E-state index contributed by atoms with van der Waals surface area (Å²) in [4.78, 5) is 0. The van der Waals surface area contributed by atoms with Gasteiger partial charge in [-0.2, -0.15) is 0 Å². The van der Waals surface area contributed by atoms with Gasteiger partial charge in [0.05, 0.1) is 11.9 Å². The molecule has 0 bridgehead atoms. The molecule has 0 radical (unpaired) electrons. The minimum absolute atomic E-state index is 0.292. The Morgan fingerprint density at radius 3 is 2.47 bits per heavy atom. The molecule has 0 N–H and O–H groups in total. The number of hydrogen-bond donors (Lipinski definition) is 0. The highest BCUT2D eigenvalue weighted by Gasteiger charge is 2.30. The van der Waals surface area contributed by atoms with Gasteiger partial charge < -0.3 is 17.7 Å². The number of halogens is 4. The van der Waals surface area contributed by atoms with Crippen LogP contribution in [0.15, 0.2) is 18.2 Å². The first-order valence-corrected chi connectivity index (χ1v) is 5.50. The highest BCUT2D eigenvalue weighted by molar-refractivity contribution is 6.74. The molecule has 0 aromatic heterocycles. The van der Waals surface area contributed by atoms with Crippen molar-refractivity contribution >= 4 is 12.4 Å². The number of rotatable bonds is 5. The summed E-state index contributed by atoms with van der Waals surface area (Å²) in [6, 6.07) is 2.49. The van der Waals surface area contributed by atoms with Crippen molar-refractivity contribution in [1.82, 2.24) is 0 Å². The van der Waals surface area contributed by atoms with Gasteiger partial charge in [0, 0.05) is 0 Å². The number of ether oxygens (including phenoxy) is 1. The zero-order valence-electron chi connectivity index (χ0n) is 9.72. The summed E-state index contributed by atoms with van der Waals surface area (Å²) >= 11 is 0. The predicted molar refractivity (Wildman–Crippen MR) is 60.1 cm³/mol. The Morgan fingerprint density at radius 2 is 1.94 bits per heavy atom. The largest absolute Gasteiger partial charge is 0.513 e. The first kappa shape index (κ1) is 13.9. The zero-order chi connectivity index (χ0) is 13.1. The highest BCUT2D eigenvalue weighted by Crippen LogP contribution is 2.20. The molecule has 1 nitrogen and oxygen atoms in total. The van der Waals surface area contributed by atoms with Gasteiger partial charge in [-0.05, 0) is 31.5 Å². The van der Waals surface area contributed by atoms with Gasteiger partial charge in [0.15, 0.2) is 0 Å². The van der Waals surface area contributed by atoms with Crippen LogP contribution in [0, 0.1) is 5.82 Å². The van der Waals surface area contributed by atoms with Crippen LogP contribution in [0.5, 0.6) is 5.75 Å². The summed E-state index contributed by atoms with van der Waals surface area (Å²) in [5.41, 5.74) is -1.01. The lowest BCUT2D eigenvalue weighted by Crippen LogP contribution is -2.36. The van der Waals surface area contributed by atoms with Crippen LogP contribution < -0.4 is 10.2 Å². The first-order valence-electron chi connectivity index (χ1n) is 5.50. The second-order valence-electron chi connectivity index (χ2n) is 3.97. The average Bonchev–Trinajstić information content (AvgIpc) is 2.19. The molecular weight excluding hydrogens is 235 g/mol. The molecule has 6 heteroatoms. The molecule has 96 valence electrons. The van der Waals surface area contributed by atoms with Gasteiger partial charge in [0.2, 0.25) is 0 Å². The molecule has 0 heterocycles. The molecule has 1 rings (SSSR count). The van der Waals surface area contributed by atoms with E-state index in [4.69, 9.17) is 4.74 Å². The lowest BCUT2D eigenvalue weighted by Gasteiger charge is -2.22. The van der Waals surface area contributed by atoms with Crippen molar-refractivity contribution in [3.63, 3.8) is 0 Å². The Balaban J connectivity index is 2.99. The molecule has 17 heavy (non-hydrogen) atoms. The fraction of sp³-hybridized carbons (Fsp3) is 0.455. The Morgan fingerprint density at radius 1 is 1.29 bits per heavy atom. The minimum atomic E-state index is -5.26. The SMILES string of the molecule is CCCC(C)Oc1ccc(F)cc1[B-](F)(F)F. The summed E-state index contributed by atoms with van der Waals surface area (Å²) in [5.74, 6) is -1.20. The lowest BCUT2D eigenvalue weighted by atomic mass is 9.79. The molecule has 1 unspecified atom stereocenters. The van der Waals surface area contributed by atoms with E-state index in [1.54, 1.807) is 6.92 Å². The van der Waals surface area contributed by atoms with Crippen molar-refractivity contribution in [2.45, 2.75) is 32.8 Å². The maximum absolute atomic E-state index is 12.8. The second-order valence-corrected chi connectivity index (χ2v) is 3.97. The van der Waals surface area contributed by atoms with Crippen LogP contribution in [0.25, 0.3) is 0 Å². The summed E-state index contributed by atoms with van der Waals surface area (Å²) in [6.45, 7) is -1.65. The van der Waals surface area contributed by atoms with E-state index in [0.29, 0.717) is 12.5 Å². The van der Waals surface area contributed by atoms with E-state index in [0.717, 1.165) is 18.6 Å². The van der Waals surface area contributed by atoms with Gasteiger partial charge in [-0.1, -0.05) is 18.8 Å². The Hall–Kier alpha value is -1.20. The molecule has 0 aliphatic rings. The smallest absolute Gasteiger partial charge is 0.494 e. The standard InChI is InChI=1S/C11H14BF4O/c1-3-4-8(2)17-11-6-5-9(13)7-10(11)12(14,15)16/h5-8H,3-4H2,1-2H3/q-1. The van der Waals surface area contributed by atoms with E-state index in [-0.39, 0.29) is 11.9 Å². The molecule has 0 saturated heterocycles. The summed E-state index contributed by atoms with van der Waals surface area (Å²) in [7, 11) is 0. The van der Waals surface area contributed by atoms with Crippen LogP contribution in [0.4, 0.5) is 17.3 Å². The molecule has 0 fully saturated rings. The topological polar surface area (TPSA) is 9.23 Å². The predicted octanol–water partition coefficient (Wildman–Crippen LogP) is 3.45. The molecule has 0 aliphatic heterocycles. The molecule has 0 aliphatic carbocycles. The highest BCUT2D eigenvalue weighted by atomic mass is 19.4. The van der Waals surface area contributed by atoms with E-state index in [1.807, 2.05) is 6.92 Å². The van der Waals surface area contributed by atoms with Gasteiger partial charge >= 0.3 is 6.98 Å². The molecule has 1 aromatic rings. The third kappa shape index (κ3) is 3.95. The van der Waals surface area contributed by atoms with Crippen molar-refractivity contribution in [3.8, 4) is 5.75 Å². The fourth-order valence-electron chi connectivity index (χ4n) is 1.56. The van der Waals surface area contributed by atoms with Crippen LogP contribution in [-0.4, -0.2) is 13.1 Å². The van der Waals surface area contributed by atoms with E-state index in [9.17, 15) is 17.3 Å². The minimum Gasteiger partial charge on any atom is -0.494 e. The van der Waals surface area contributed by atoms with Gasteiger partial charge in [0.25, 0.3) is 0 Å². The van der Waals surface area contributed by atoms with Gasteiger partial charge in [-0.3, -0.25) is 0 Å². The van der Waals surface area contributed by atoms with Crippen molar-refractivity contribution in [3.05, 3.63) is 24.0 Å². The number of hydrogen-bond acceptors (Lipinski definition) is 1. The Bertz CT molecular complexity index is 378. The third-order valence-electron chi connectivity index (χ3n) is 2.35. The van der Waals surface area contributed by atoms with Crippen molar-refractivity contribution in [2.24, 2.45) is 0 Å². The molecular formula is C11H14BF4O-. The lowest BCUT2D eigenvalue weighted by molar-refractivity contribution is 0.210. The van der Waals surface area contributed by atoms with Gasteiger partial charge in [0.1, 0.15) is 5.82 Å². The molecule has 1 aromatic carbocycles. The third-order valence-corrected chi connectivity index (χ3v) is 2.35. The maximum Gasteiger partial charge on any atom is 0.513 e. The zero-order valence-corrected chi connectivity index (χ0v) is 9.72. The van der Waals surface area contributed by atoms with Crippen LogP contribution in [0.1, 0.15) is 26.7 Å². The van der Waals surface area contributed by atoms with Crippen LogP contribution >= 0.6 is 0 Å². The van der Waals surface area contributed by atoms with E-state index in [1.165, 1.54) is 0 Å². The van der Waals surface area contributed by atoms with Gasteiger partial charge in [-0.25, -0.2) is 4.39 Å². The van der Waals surface area contributed by atoms with Crippen molar-refractivity contribution < 1.29 is 22.1 Å². The van der Waals surface area contributed by atoms with Crippen molar-refractivity contribution in [2.75, 3.05) is 0 Å². The molecule has 0 amide bonds. The van der Waals surface area contributed by atoms with E-state index in [2.05, 4.69) is 0 Å². The Kier molecular flexibility index (Phi) is 4.43. The summed E-state index contributed by atoms with van der Waals surface area (Å²) in [6.07, 6.45) is 1.15. The molecule has 0 saturated carbocycles.